The van der Waals surface area contributed by atoms with Gasteiger partial charge in [0.2, 0.25) is 23.6 Å². The highest BCUT2D eigenvalue weighted by atomic mass is 16.6. The Morgan fingerprint density at radius 3 is 2.04 bits per heavy atom. The second kappa shape index (κ2) is 33.7. The molecule has 4 heterocycles. The van der Waals surface area contributed by atoms with E-state index in [-0.39, 0.29) is 98.9 Å². The minimum absolute atomic E-state index is 0.00270. The first kappa shape index (κ1) is 69.4. The number of ether oxygens (including phenoxy) is 8. The summed E-state index contributed by atoms with van der Waals surface area (Å²) < 4.78 is 48.1. The number of nitrogens with one attached hydrogen (secondary N) is 5. The molecule has 8 N–H and O–H groups in total. The summed E-state index contributed by atoms with van der Waals surface area (Å²) in [5.41, 5.74) is 9.84. The Morgan fingerprint density at radius 2 is 1.38 bits per heavy atom. The zero-order valence-electron chi connectivity index (χ0n) is 53.3. The number of benzene rings is 4. The van der Waals surface area contributed by atoms with Gasteiger partial charge < -0.3 is 84.8 Å². The first-order valence-corrected chi connectivity index (χ1v) is 30.6. The molecular weight excluding hydrogens is 1200 g/mol. The number of hydrogen-bond acceptors (Lipinski definition) is 19. The number of nitrogens with two attached hydrogens (primary N) is 1. The lowest BCUT2D eigenvalue weighted by molar-refractivity contribution is -0.132. The maximum absolute atomic E-state index is 14.6. The molecule has 28 nitrogen and oxygen atoms in total. The Labute approximate surface area is 538 Å². The van der Waals surface area contributed by atoms with Crippen molar-refractivity contribution in [3.05, 3.63) is 131 Å². The van der Waals surface area contributed by atoms with Gasteiger partial charge in [-0.1, -0.05) is 50.2 Å². The fourth-order valence-corrected chi connectivity index (χ4v) is 10.3. The lowest BCUT2D eigenvalue weighted by Crippen LogP contribution is -2.55. The highest BCUT2D eigenvalue weighted by Crippen LogP contribution is 2.42. The molecule has 4 aromatic carbocycles. The summed E-state index contributed by atoms with van der Waals surface area (Å²) in [5, 5.41) is 30.5. The van der Waals surface area contributed by atoms with E-state index in [1.807, 2.05) is 24.3 Å². The van der Waals surface area contributed by atoms with E-state index in [4.69, 9.17) is 43.6 Å². The second-order valence-corrected chi connectivity index (χ2v) is 22.3. The van der Waals surface area contributed by atoms with Gasteiger partial charge in [0.1, 0.15) is 48.0 Å². The number of methoxy groups -OCH3 is 2. The summed E-state index contributed by atoms with van der Waals surface area (Å²) in [6, 6.07) is 20.7. The number of carbonyl (C=O) groups excluding carboxylic acids is 7. The number of aromatic nitrogens is 4. The third-order valence-corrected chi connectivity index (χ3v) is 15.2. The lowest BCUT2D eigenvalue weighted by Gasteiger charge is -2.39. The van der Waals surface area contributed by atoms with E-state index in [1.54, 1.807) is 98.1 Å². The van der Waals surface area contributed by atoms with Gasteiger partial charge in [0.15, 0.2) is 17.7 Å². The average molecular weight is 1290 g/mol. The Bertz CT molecular complexity index is 3560. The van der Waals surface area contributed by atoms with Crippen LogP contribution >= 0.6 is 0 Å². The maximum atomic E-state index is 14.6. The number of fused-ring (bicyclic) bond motifs is 3. The average Bonchev–Trinajstić information content (AvgIpc) is 1.64. The molecule has 4 atom stereocenters. The van der Waals surface area contributed by atoms with Crippen molar-refractivity contribution in [2.75, 3.05) is 101 Å². The molecule has 0 fully saturated rings. The molecule has 0 radical (unpaired) electrons. The summed E-state index contributed by atoms with van der Waals surface area (Å²) in [7, 11) is 4.59. The smallest absolute Gasteiger partial charge is 0.416 e. The van der Waals surface area contributed by atoms with E-state index >= 15 is 0 Å². The van der Waals surface area contributed by atoms with Gasteiger partial charge >= 0.3 is 6.09 Å². The monoisotopic (exact) mass is 1290 g/mol. The van der Waals surface area contributed by atoms with Crippen molar-refractivity contribution < 1.29 is 76.6 Å². The van der Waals surface area contributed by atoms with Gasteiger partial charge in [-0.2, -0.15) is 5.10 Å². The predicted molar refractivity (Wildman–Crippen MR) is 341 cm³/mol. The molecule has 2 aromatic heterocycles. The molecule has 8 rings (SSSR count). The summed E-state index contributed by atoms with van der Waals surface area (Å²) in [4.78, 5) is 102. The van der Waals surface area contributed by atoms with E-state index < -0.39 is 60.0 Å². The van der Waals surface area contributed by atoms with Crippen LogP contribution in [-0.2, 0) is 69.5 Å². The molecule has 0 unspecified atom stereocenters. The predicted octanol–water partition coefficient (Wildman–Crippen LogP) is 5.02. The SMILES string of the molecule is COc1cc2c(cc1OCCCC(=O)Nc1cc(C(=O)Nc3ccc(-n4cnc(C)n4)c(OC)c3)n(C)c1)N(C(=O)OCc1ccc(NC(=O)[C@H](C)NC(=O)[C@@H](NC(=O)CCOCCOCCOCCOCCN)C(C)C)cc1)[C@@H](O)[C@@H]1Cc3ccccc3CN1C2=O. The second-order valence-electron chi connectivity index (χ2n) is 22.3. The van der Waals surface area contributed by atoms with Crippen molar-refractivity contribution in [1.82, 2.24) is 34.9 Å². The van der Waals surface area contributed by atoms with E-state index in [0.29, 0.717) is 86.1 Å². The summed E-state index contributed by atoms with van der Waals surface area (Å²) in [6.45, 7) is 9.98. The number of rotatable bonds is 33. The third kappa shape index (κ3) is 18.9. The summed E-state index contributed by atoms with van der Waals surface area (Å²) in [5.74, 6) is -1.72. The Balaban J connectivity index is 0.839. The minimum Gasteiger partial charge on any atom is -0.494 e. The Hall–Kier alpha value is -9.45. The van der Waals surface area contributed by atoms with Crippen LogP contribution in [0.15, 0.2) is 97.5 Å². The number of amides is 7. The van der Waals surface area contributed by atoms with Gasteiger partial charge in [0, 0.05) is 62.7 Å². The first-order valence-electron chi connectivity index (χ1n) is 30.6. The zero-order valence-corrected chi connectivity index (χ0v) is 53.3. The Kier molecular flexibility index (Phi) is 25.2. The van der Waals surface area contributed by atoms with Crippen LogP contribution in [0.4, 0.5) is 27.5 Å². The van der Waals surface area contributed by atoms with Gasteiger partial charge in [0.25, 0.3) is 11.8 Å². The molecule has 0 saturated heterocycles. The van der Waals surface area contributed by atoms with Crippen LogP contribution in [0.2, 0.25) is 0 Å². The number of anilines is 4. The number of aliphatic hydroxyl groups is 1. The van der Waals surface area contributed by atoms with Crippen LogP contribution in [0.3, 0.4) is 0 Å². The molecule has 0 bridgehead atoms. The van der Waals surface area contributed by atoms with Crippen molar-refractivity contribution >= 4 is 64.3 Å². The highest BCUT2D eigenvalue weighted by Gasteiger charge is 2.45. The molecule has 93 heavy (non-hydrogen) atoms. The molecule has 6 aromatic rings. The number of carbonyl (C=O) groups is 7. The summed E-state index contributed by atoms with van der Waals surface area (Å²) in [6.07, 6.45) is 1.03. The molecule has 0 aliphatic carbocycles. The molecule has 0 spiro atoms. The first-order chi connectivity index (χ1) is 44.8. The zero-order chi connectivity index (χ0) is 66.6. The molecular formula is C65H82N12O16. The van der Waals surface area contributed by atoms with E-state index in [2.05, 4.69) is 36.7 Å². The fraction of sp³-hybridized carbons (Fsp3) is 0.431. The molecule has 7 amide bonds. The standard InChI is InChI=1S/C65H82N12O16/c1-40(2)59(72-58(79)20-23-88-25-27-90-29-30-91-28-26-89-24-21-66)62(82)68-41(3)60(80)70-46-16-14-43(15-17-46)38-93-65(85)77-51-35-56(55(87-7)34-49(51)63(83)75-36-45-12-9-8-11-44(45)31-53(75)64(77)84)92-22-10-13-57(78)69-48-32-52(74(5)37-48)61(81)71-47-18-19-50(54(33-47)86-6)76-39-67-42(4)73-76/h8-9,11-12,14-19,32-35,37,39-41,53,59,64,84H,10,13,20-31,36,38,66H2,1-7H3,(H,68,82)(H,69,78)(H,70,80)(H,71,81)(H,72,79)/t41-,53-,59-,64-/m0/s1. The largest absolute Gasteiger partial charge is 0.494 e. The number of nitrogens with zero attached hydrogens (tertiary/aromatic N) is 6. The minimum atomic E-state index is -1.60. The van der Waals surface area contributed by atoms with Gasteiger partial charge in [-0.25, -0.2) is 19.4 Å². The van der Waals surface area contributed by atoms with Crippen molar-refractivity contribution in [3.8, 4) is 22.9 Å². The quantitative estimate of drug-likeness (QED) is 0.0266. The van der Waals surface area contributed by atoms with Crippen LogP contribution in [0.1, 0.15) is 83.4 Å². The van der Waals surface area contributed by atoms with Gasteiger partial charge in [-0.15, -0.1) is 0 Å². The number of aryl methyl sites for hydroxylation is 2. The van der Waals surface area contributed by atoms with Crippen molar-refractivity contribution in [2.24, 2.45) is 18.7 Å². The van der Waals surface area contributed by atoms with Crippen molar-refractivity contribution in [2.45, 2.75) is 90.9 Å². The van der Waals surface area contributed by atoms with Crippen LogP contribution in [-0.4, -0.2) is 175 Å². The van der Waals surface area contributed by atoms with Crippen LogP contribution < -0.4 is 51.4 Å². The Morgan fingerprint density at radius 1 is 0.699 bits per heavy atom. The van der Waals surface area contributed by atoms with Crippen LogP contribution in [0.5, 0.6) is 17.2 Å². The van der Waals surface area contributed by atoms with Crippen molar-refractivity contribution in [1.29, 1.82) is 0 Å². The van der Waals surface area contributed by atoms with E-state index in [0.717, 1.165) is 16.0 Å². The van der Waals surface area contributed by atoms with Gasteiger partial charge in [0.05, 0.1) is 96.7 Å². The molecule has 2 aliphatic heterocycles. The van der Waals surface area contributed by atoms with E-state index in [1.165, 1.54) is 38.2 Å². The third-order valence-electron chi connectivity index (χ3n) is 15.2. The normalized spacial score (nSPS) is 14.8. The fourth-order valence-electron chi connectivity index (χ4n) is 10.3. The van der Waals surface area contributed by atoms with Gasteiger partial charge in [-0.05, 0) is 85.7 Å². The molecule has 2 aliphatic rings. The number of hydrogen-bond donors (Lipinski definition) is 7. The maximum Gasteiger partial charge on any atom is 0.416 e. The summed E-state index contributed by atoms with van der Waals surface area (Å²) >= 11 is 0. The molecule has 28 heteroatoms. The number of aliphatic hydroxyl groups excluding tert-OH is 1. The van der Waals surface area contributed by atoms with Crippen LogP contribution in [0.25, 0.3) is 5.69 Å². The van der Waals surface area contributed by atoms with E-state index in [9.17, 15) is 38.7 Å². The highest BCUT2D eigenvalue weighted by molar-refractivity contribution is 6.07. The lowest BCUT2D eigenvalue weighted by atomic mass is 9.93. The molecule has 0 saturated carbocycles. The topological polar surface area (TPSA) is 342 Å². The van der Waals surface area contributed by atoms with Gasteiger partial charge in [-0.3, -0.25) is 28.8 Å². The van der Waals surface area contributed by atoms with Crippen LogP contribution in [0, 0.1) is 12.8 Å². The molecule has 498 valence electrons. The van der Waals surface area contributed by atoms with Crippen molar-refractivity contribution in [3.63, 3.8) is 0 Å².